The van der Waals surface area contributed by atoms with Crippen LogP contribution in [0.4, 0.5) is 5.69 Å². The Kier molecular flexibility index (Phi) is 3.74. The number of nitrogens with zero attached hydrogens (tertiary/aromatic N) is 3. The van der Waals surface area contributed by atoms with Crippen LogP contribution in [0.15, 0.2) is 36.9 Å². The van der Waals surface area contributed by atoms with Gasteiger partial charge in [0, 0.05) is 6.54 Å². The molecule has 5 nitrogen and oxygen atoms in total. The van der Waals surface area contributed by atoms with E-state index in [1.54, 1.807) is 17.3 Å². The van der Waals surface area contributed by atoms with Crippen molar-refractivity contribution in [3.8, 4) is 5.69 Å². The van der Waals surface area contributed by atoms with Crippen LogP contribution in [0.2, 0.25) is 0 Å². The third kappa shape index (κ3) is 2.93. The summed E-state index contributed by atoms with van der Waals surface area (Å²) in [7, 11) is 0. The summed E-state index contributed by atoms with van der Waals surface area (Å²) in [5, 5.41) is 11.1. The molecule has 3 rings (SSSR count). The number of nitrogens with one attached hydrogen (secondary N) is 2. The van der Waals surface area contributed by atoms with Gasteiger partial charge in [0.2, 0.25) is 0 Å². The number of para-hydroxylation sites is 2. The van der Waals surface area contributed by atoms with Crippen molar-refractivity contribution in [2.45, 2.75) is 12.8 Å². The Balaban J connectivity index is 1.70. The van der Waals surface area contributed by atoms with Crippen LogP contribution in [-0.2, 0) is 0 Å². The Morgan fingerprint density at radius 1 is 1.26 bits per heavy atom. The Morgan fingerprint density at radius 3 is 2.89 bits per heavy atom. The van der Waals surface area contributed by atoms with Gasteiger partial charge in [0.05, 0.1) is 11.4 Å². The van der Waals surface area contributed by atoms with Gasteiger partial charge in [0.15, 0.2) is 0 Å². The summed E-state index contributed by atoms with van der Waals surface area (Å²) < 4.78 is 1.80. The zero-order valence-corrected chi connectivity index (χ0v) is 10.9. The van der Waals surface area contributed by atoms with Gasteiger partial charge in [0.1, 0.15) is 12.7 Å². The van der Waals surface area contributed by atoms with E-state index in [1.165, 1.54) is 12.8 Å². The summed E-state index contributed by atoms with van der Waals surface area (Å²) in [5.41, 5.74) is 2.17. The molecule has 0 aliphatic carbocycles. The molecule has 1 fully saturated rings. The van der Waals surface area contributed by atoms with Crippen molar-refractivity contribution >= 4 is 5.69 Å². The average molecular weight is 257 g/mol. The van der Waals surface area contributed by atoms with E-state index >= 15 is 0 Å². The zero-order chi connectivity index (χ0) is 12.9. The fourth-order valence-electron chi connectivity index (χ4n) is 2.50. The van der Waals surface area contributed by atoms with Gasteiger partial charge in [-0.15, -0.1) is 0 Å². The normalized spacial score (nSPS) is 16.4. The first-order valence-electron chi connectivity index (χ1n) is 6.82. The molecule has 1 saturated heterocycles. The quantitative estimate of drug-likeness (QED) is 0.875. The predicted molar refractivity (Wildman–Crippen MR) is 75.4 cm³/mol. The molecule has 0 amide bonds. The van der Waals surface area contributed by atoms with Crippen molar-refractivity contribution in [3.05, 3.63) is 36.9 Å². The van der Waals surface area contributed by atoms with E-state index in [9.17, 15) is 0 Å². The van der Waals surface area contributed by atoms with Gasteiger partial charge in [-0.1, -0.05) is 12.1 Å². The molecule has 2 aromatic rings. The lowest BCUT2D eigenvalue weighted by atomic mass is 9.98. The van der Waals surface area contributed by atoms with E-state index in [-0.39, 0.29) is 0 Å². The molecule has 100 valence electrons. The molecule has 5 heteroatoms. The number of benzene rings is 1. The van der Waals surface area contributed by atoms with Crippen LogP contribution in [0, 0.1) is 5.92 Å². The third-order valence-electron chi connectivity index (χ3n) is 3.61. The van der Waals surface area contributed by atoms with Crippen LogP contribution in [-0.4, -0.2) is 34.4 Å². The van der Waals surface area contributed by atoms with Crippen molar-refractivity contribution in [2.75, 3.05) is 25.0 Å². The van der Waals surface area contributed by atoms with Gasteiger partial charge < -0.3 is 10.6 Å². The topological polar surface area (TPSA) is 54.8 Å². The SMILES string of the molecule is c1ccc(-n2cncn2)c(NCC2CCNCC2)c1. The lowest BCUT2D eigenvalue weighted by Crippen LogP contribution is -2.31. The van der Waals surface area contributed by atoms with E-state index in [4.69, 9.17) is 0 Å². The summed E-state index contributed by atoms with van der Waals surface area (Å²) in [5.74, 6) is 0.755. The fourth-order valence-corrected chi connectivity index (χ4v) is 2.50. The molecule has 0 saturated carbocycles. The second kappa shape index (κ2) is 5.84. The molecule has 0 bridgehead atoms. The molecular formula is C14H19N5. The number of hydrogen-bond acceptors (Lipinski definition) is 4. The number of aromatic nitrogens is 3. The number of anilines is 1. The second-order valence-corrected chi connectivity index (χ2v) is 4.93. The van der Waals surface area contributed by atoms with E-state index in [2.05, 4.69) is 32.8 Å². The van der Waals surface area contributed by atoms with Crippen LogP contribution in [0.25, 0.3) is 5.69 Å². The summed E-state index contributed by atoms with van der Waals surface area (Å²) in [6.45, 7) is 3.29. The molecule has 0 unspecified atom stereocenters. The number of rotatable bonds is 4. The van der Waals surface area contributed by atoms with E-state index in [1.807, 2.05) is 12.1 Å². The fraction of sp³-hybridized carbons (Fsp3) is 0.429. The largest absolute Gasteiger partial charge is 0.383 e. The maximum atomic E-state index is 4.20. The molecule has 0 atom stereocenters. The Bertz CT molecular complexity index is 502. The van der Waals surface area contributed by atoms with Gasteiger partial charge in [-0.2, -0.15) is 5.10 Å². The van der Waals surface area contributed by atoms with Gasteiger partial charge >= 0.3 is 0 Å². The highest BCUT2D eigenvalue weighted by atomic mass is 15.3. The second-order valence-electron chi connectivity index (χ2n) is 4.93. The van der Waals surface area contributed by atoms with Gasteiger partial charge in [-0.25, -0.2) is 9.67 Å². The molecule has 0 spiro atoms. The van der Waals surface area contributed by atoms with Crippen LogP contribution < -0.4 is 10.6 Å². The highest BCUT2D eigenvalue weighted by Crippen LogP contribution is 2.20. The molecule has 2 heterocycles. The molecule has 2 N–H and O–H groups in total. The van der Waals surface area contributed by atoms with Crippen molar-refractivity contribution in [3.63, 3.8) is 0 Å². The van der Waals surface area contributed by atoms with E-state index in [0.717, 1.165) is 36.9 Å². The molecular weight excluding hydrogens is 238 g/mol. The first-order chi connectivity index (χ1) is 9.43. The van der Waals surface area contributed by atoms with Crippen molar-refractivity contribution in [2.24, 2.45) is 5.92 Å². The molecule has 19 heavy (non-hydrogen) atoms. The summed E-state index contributed by atoms with van der Waals surface area (Å²) in [4.78, 5) is 4.01. The highest BCUT2D eigenvalue weighted by molar-refractivity contribution is 5.60. The monoisotopic (exact) mass is 257 g/mol. The highest BCUT2D eigenvalue weighted by Gasteiger charge is 2.13. The number of piperidine rings is 1. The van der Waals surface area contributed by atoms with Crippen LogP contribution >= 0.6 is 0 Å². The molecule has 1 aliphatic rings. The standard InChI is InChI=1S/C14H19N5/c1-2-4-14(19-11-16-10-18-19)13(3-1)17-9-12-5-7-15-8-6-12/h1-4,10-12,15,17H,5-9H2. The Labute approximate surface area is 113 Å². The maximum Gasteiger partial charge on any atom is 0.138 e. The molecule has 0 radical (unpaired) electrons. The van der Waals surface area contributed by atoms with Gasteiger partial charge in [-0.3, -0.25) is 0 Å². The lowest BCUT2D eigenvalue weighted by molar-refractivity contribution is 0.390. The molecule has 1 aliphatic heterocycles. The predicted octanol–water partition coefficient (Wildman–Crippen LogP) is 1.68. The van der Waals surface area contributed by atoms with Gasteiger partial charge in [-0.05, 0) is 44.0 Å². The van der Waals surface area contributed by atoms with E-state index in [0.29, 0.717) is 0 Å². The van der Waals surface area contributed by atoms with Crippen LogP contribution in [0.5, 0.6) is 0 Å². The first-order valence-corrected chi connectivity index (χ1v) is 6.82. The maximum absolute atomic E-state index is 4.20. The average Bonchev–Trinajstić information content (AvgIpc) is 3.01. The van der Waals surface area contributed by atoms with Gasteiger partial charge in [0.25, 0.3) is 0 Å². The Hall–Kier alpha value is -1.88. The van der Waals surface area contributed by atoms with Crippen LogP contribution in [0.3, 0.4) is 0 Å². The minimum absolute atomic E-state index is 0.755. The molecule has 1 aromatic heterocycles. The zero-order valence-electron chi connectivity index (χ0n) is 10.9. The van der Waals surface area contributed by atoms with Crippen molar-refractivity contribution in [1.82, 2.24) is 20.1 Å². The summed E-state index contributed by atoms with van der Waals surface area (Å²) in [6.07, 6.45) is 5.78. The minimum atomic E-state index is 0.755. The van der Waals surface area contributed by atoms with Crippen molar-refractivity contribution < 1.29 is 0 Å². The minimum Gasteiger partial charge on any atom is -0.383 e. The smallest absolute Gasteiger partial charge is 0.138 e. The van der Waals surface area contributed by atoms with Crippen molar-refractivity contribution in [1.29, 1.82) is 0 Å². The Morgan fingerprint density at radius 2 is 2.11 bits per heavy atom. The third-order valence-corrected chi connectivity index (χ3v) is 3.61. The lowest BCUT2D eigenvalue weighted by Gasteiger charge is -2.23. The van der Waals surface area contributed by atoms with E-state index < -0.39 is 0 Å². The molecule has 1 aromatic carbocycles. The number of hydrogen-bond donors (Lipinski definition) is 2. The first kappa shape index (κ1) is 12.2. The van der Waals surface area contributed by atoms with Crippen LogP contribution in [0.1, 0.15) is 12.8 Å². The summed E-state index contributed by atoms with van der Waals surface area (Å²) >= 11 is 0. The summed E-state index contributed by atoms with van der Waals surface area (Å²) in [6, 6.07) is 8.22.